The van der Waals surface area contributed by atoms with Crippen LogP contribution in [0.5, 0.6) is 0 Å². The first-order chi connectivity index (χ1) is 9.55. The van der Waals surface area contributed by atoms with Crippen molar-refractivity contribution >= 4 is 5.91 Å². The second-order valence-electron chi connectivity index (χ2n) is 6.36. The molecule has 0 atom stereocenters. The molecule has 1 aliphatic heterocycles. The summed E-state index contributed by atoms with van der Waals surface area (Å²) in [5.41, 5.74) is 0. The maximum Gasteiger partial charge on any atom is 0.234 e. The van der Waals surface area contributed by atoms with Gasteiger partial charge in [0.05, 0.1) is 6.54 Å². The molecule has 1 saturated heterocycles. The Bertz CT molecular complexity index is 269. The Balaban J connectivity index is 2.20. The number of piperidine rings is 1. The molecule has 118 valence electrons. The second-order valence-corrected chi connectivity index (χ2v) is 6.36. The number of likely N-dealkylation sites (tertiary alicyclic amines) is 1. The van der Waals surface area contributed by atoms with Crippen LogP contribution in [0.15, 0.2) is 0 Å². The summed E-state index contributed by atoms with van der Waals surface area (Å²) < 4.78 is 0. The summed E-state index contributed by atoms with van der Waals surface area (Å²) in [7, 11) is 0. The Hall–Kier alpha value is -0.610. The third kappa shape index (κ3) is 6.71. The summed E-state index contributed by atoms with van der Waals surface area (Å²) in [5, 5.41) is 6.64. The van der Waals surface area contributed by atoms with Crippen molar-refractivity contribution in [2.24, 2.45) is 5.92 Å². The van der Waals surface area contributed by atoms with Crippen LogP contribution in [0.1, 0.15) is 53.4 Å². The molecule has 2 N–H and O–H groups in total. The van der Waals surface area contributed by atoms with Gasteiger partial charge in [-0.2, -0.15) is 0 Å². The van der Waals surface area contributed by atoms with Crippen LogP contribution in [0.25, 0.3) is 0 Å². The van der Waals surface area contributed by atoms with E-state index in [0.29, 0.717) is 18.6 Å². The molecule has 0 unspecified atom stereocenters. The molecule has 1 amide bonds. The molecule has 0 saturated carbocycles. The zero-order valence-electron chi connectivity index (χ0n) is 13.7. The molecule has 0 radical (unpaired) electrons. The first-order valence-electron chi connectivity index (χ1n) is 8.30. The van der Waals surface area contributed by atoms with E-state index in [2.05, 4.69) is 43.2 Å². The van der Waals surface area contributed by atoms with Gasteiger partial charge in [0.25, 0.3) is 0 Å². The fourth-order valence-corrected chi connectivity index (χ4v) is 2.72. The summed E-state index contributed by atoms with van der Waals surface area (Å²) in [5.74, 6) is 0.966. The van der Waals surface area contributed by atoms with E-state index in [1.54, 1.807) is 0 Å². The Morgan fingerprint density at radius 3 is 2.30 bits per heavy atom. The third-order valence-electron chi connectivity index (χ3n) is 4.24. The average molecular weight is 283 g/mol. The lowest BCUT2D eigenvalue weighted by molar-refractivity contribution is -0.123. The van der Waals surface area contributed by atoms with E-state index in [1.165, 1.54) is 12.8 Å². The Labute approximate surface area is 124 Å². The number of nitrogens with zero attached hydrogens (tertiary/aromatic N) is 1. The van der Waals surface area contributed by atoms with E-state index in [1.807, 2.05) is 0 Å². The van der Waals surface area contributed by atoms with E-state index >= 15 is 0 Å². The molecule has 4 heteroatoms. The average Bonchev–Trinajstić information content (AvgIpc) is 2.44. The van der Waals surface area contributed by atoms with Crippen LogP contribution in [0.3, 0.4) is 0 Å². The number of hydrogen-bond acceptors (Lipinski definition) is 3. The van der Waals surface area contributed by atoms with Crippen LogP contribution < -0.4 is 10.6 Å². The van der Waals surface area contributed by atoms with Gasteiger partial charge in [-0.05, 0) is 51.2 Å². The Morgan fingerprint density at radius 2 is 1.80 bits per heavy atom. The van der Waals surface area contributed by atoms with Gasteiger partial charge in [0.2, 0.25) is 5.91 Å². The molecular weight excluding hydrogens is 250 g/mol. The van der Waals surface area contributed by atoms with Gasteiger partial charge in [0.1, 0.15) is 0 Å². The highest BCUT2D eigenvalue weighted by Crippen LogP contribution is 2.16. The van der Waals surface area contributed by atoms with Gasteiger partial charge in [-0.3, -0.25) is 9.69 Å². The molecular formula is C16H33N3O. The molecule has 4 nitrogen and oxygen atoms in total. The van der Waals surface area contributed by atoms with Gasteiger partial charge in [-0.1, -0.05) is 27.7 Å². The Morgan fingerprint density at radius 1 is 1.20 bits per heavy atom. The van der Waals surface area contributed by atoms with Crippen LogP contribution in [-0.2, 0) is 4.79 Å². The first-order valence-corrected chi connectivity index (χ1v) is 8.30. The smallest absolute Gasteiger partial charge is 0.234 e. The van der Waals surface area contributed by atoms with E-state index < -0.39 is 0 Å². The number of carbonyl (C=O) groups is 1. The number of rotatable bonds is 8. The molecule has 0 aromatic carbocycles. The Kier molecular flexibility index (Phi) is 8.15. The topological polar surface area (TPSA) is 44.4 Å². The predicted octanol–water partition coefficient (Wildman–Crippen LogP) is 2.00. The van der Waals surface area contributed by atoms with Crippen molar-refractivity contribution in [3.8, 4) is 0 Å². The quantitative estimate of drug-likeness (QED) is 0.716. The molecule has 0 aromatic heterocycles. The van der Waals surface area contributed by atoms with Crippen molar-refractivity contribution in [2.45, 2.75) is 65.5 Å². The lowest BCUT2D eigenvalue weighted by atomic mass is 9.96. The van der Waals surface area contributed by atoms with E-state index in [0.717, 1.165) is 38.4 Å². The SMILES string of the molecule is CCC(CC)NC(=O)CN1CCC(CNC(C)C)CC1. The van der Waals surface area contributed by atoms with Gasteiger partial charge in [-0.25, -0.2) is 0 Å². The summed E-state index contributed by atoms with van der Waals surface area (Å²) in [4.78, 5) is 14.3. The van der Waals surface area contributed by atoms with Crippen molar-refractivity contribution in [2.75, 3.05) is 26.2 Å². The van der Waals surface area contributed by atoms with Crippen molar-refractivity contribution < 1.29 is 4.79 Å². The molecule has 0 spiro atoms. The fourth-order valence-electron chi connectivity index (χ4n) is 2.72. The van der Waals surface area contributed by atoms with Gasteiger partial charge in [0, 0.05) is 12.1 Å². The van der Waals surface area contributed by atoms with Crippen LogP contribution in [0.4, 0.5) is 0 Å². The zero-order valence-corrected chi connectivity index (χ0v) is 13.7. The lowest BCUT2D eigenvalue weighted by Crippen LogP contribution is -2.45. The minimum Gasteiger partial charge on any atom is -0.352 e. The molecule has 1 fully saturated rings. The summed E-state index contributed by atoms with van der Waals surface area (Å²) in [6.45, 7) is 12.4. The van der Waals surface area contributed by atoms with E-state index in [-0.39, 0.29) is 5.91 Å². The minimum absolute atomic E-state index is 0.192. The van der Waals surface area contributed by atoms with Crippen LogP contribution in [-0.4, -0.2) is 49.1 Å². The van der Waals surface area contributed by atoms with Gasteiger partial charge >= 0.3 is 0 Å². The molecule has 1 aliphatic rings. The number of amides is 1. The molecule has 1 heterocycles. The molecule has 1 rings (SSSR count). The summed E-state index contributed by atoms with van der Waals surface area (Å²) >= 11 is 0. The minimum atomic E-state index is 0.192. The fraction of sp³-hybridized carbons (Fsp3) is 0.938. The number of nitrogens with one attached hydrogen (secondary N) is 2. The van der Waals surface area contributed by atoms with Gasteiger partial charge in [0.15, 0.2) is 0 Å². The van der Waals surface area contributed by atoms with Crippen molar-refractivity contribution in [3.05, 3.63) is 0 Å². The van der Waals surface area contributed by atoms with Gasteiger partial charge < -0.3 is 10.6 Å². The first kappa shape index (κ1) is 17.4. The highest BCUT2D eigenvalue weighted by Gasteiger charge is 2.21. The number of hydrogen-bond donors (Lipinski definition) is 2. The van der Waals surface area contributed by atoms with E-state index in [4.69, 9.17) is 0 Å². The van der Waals surface area contributed by atoms with Crippen LogP contribution >= 0.6 is 0 Å². The number of carbonyl (C=O) groups excluding carboxylic acids is 1. The predicted molar refractivity (Wildman–Crippen MR) is 84.8 cm³/mol. The van der Waals surface area contributed by atoms with Crippen molar-refractivity contribution in [3.63, 3.8) is 0 Å². The monoisotopic (exact) mass is 283 g/mol. The van der Waals surface area contributed by atoms with Crippen LogP contribution in [0, 0.1) is 5.92 Å². The zero-order chi connectivity index (χ0) is 15.0. The molecule has 0 aliphatic carbocycles. The van der Waals surface area contributed by atoms with Crippen LogP contribution in [0.2, 0.25) is 0 Å². The molecule has 0 aromatic rings. The summed E-state index contributed by atoms with van der Waals surface area (Å²) in [6.07, 6.45) is 4.45. The standard InChI is InChI=1S/C16H33N3O/c1-5-15(6-2)18-16(20)12-19-9-7-14(8-10-19)11-17-13(3)4/h13-15,17H,5-12H2,1-4H3,(H,18,20). The van der Waals surface area contributed by atoms with Gasteiger partial charge in [-0.15, -0.1) is 0 Å². The van der Waals surface area contributed by atoms with E-state index in [9.17, 15) is 4.79 Å². The lowest BCUT2D eigenvalue weighted by Gasteiger charge is -2.32. The molecule has 20 heavy (non-hydrogen) atoms. The second kappa shape index (κ2) is 9.35. The maximum atomic E-state index is 12.0. The highest BCUT2D eigenvalue weighted by atomic mass is 16.2. The summed E-state index contributed by atoms with van der Waals surface area (Å²) in [6, 6.07) is 0.911. The molecule has 0 bridgehead atoms. The maximum absolute atomic E-state index is 12.0. The van der Waals surface area contributed by atoms with Crippen molar-refractivity contribution in [1.82, 2.24) is 15.5 Å². The van der Waals surface area contributed by atoms with Crippen molar-refractivity contribution in [1.29, 1.82) is 0 Å². The normalized spacial score (nSPS) is 17.9. The third-order valence-corrected chi connectivity index (χ3v) is 4.24. The highest BCUT2D eigenvalue weighted by molar-refractivity contribution is 5.78. The largest absolute Gasteiger partial charge is 0.352 e.